The number of rotatable bonds is 2. The molecule has 102 valence electrons. The van der Waals surface area contributed by atoms with Crippen LogP contribution in [0.5, 0.6) is 0 Å². The molecule has 0 saturated heterocycles. The van der Waals surface area contributed by atoms with Gasteiger partial charge >= 0.3 is 0 Å². The Balaban J connectivity index is 2.67. The minimum Gasteiger partial charge on any atom is -0.335 e. The average molecular weight is 291 g/mol. The van der Waals surface area contributed by atoms with Crippen molar-refractivity contribution in [3.05, 3.63) is 0 Å². The quantitative estimate of drug-likeness (QED) is 0.793. The van der Waals surface area contributed by atoms with Crippen molar-refractivity contribution in [1.29, 1.82) is 5.26 Å². The van der Waals surface area contributed by atoms with Crippen LogP contribution in [-0.4, -0.2) is 16.3 Å². The van der Waals surface area contributed by atoms with Gasteiger partial charge in [0.25, 0.3) is 5.91 Å². The van der Waals surface area contributed by atoms with Crippen LogP contribution in [0.4, 0.5) is 0 Å². The number of halogens is 2. The largest absolute Gasteiger partial charge is 0.335 e. The Morgan fingerprint density at radius 2 is 1.89 bits per heavy atom. The molecule has 0 aromatic carbocycles. The molecule has 1 N–H and O–H groups in total. The number of nitriles is 1. The highest BCUT2D eigenvalue weighted by Gasteiger charge is 2.40. The third-order valence-electron chi connectivity index (χ3n) is 3.84. The van der Waals surface area contributed by atoms with E-state index in [9.17, 15) is 10.1 Å². The van der Waals surface area contributed by atoms with E-state index >= 15 is 0 Å². The standard InChI is InChI=1S/C13H20Cl2N2O/c1-12(2,3)9-4-6-13(8-16,7-5-9)17-11(18)10(14)15/h9-10H,4-7H2,1-3H3,(H,17,18). The minimum absolute atomic E-state index is 0.243. The maximum atomic E-state index is 11.5. The number of nitrogens with zero attached hydrogens (tertiary/aromatic N) is 1. The van der Waals surface area contributed by atoms with Gasteiger partial charge in [0.05, 0.1) is 6.07 Å². The Bertz CT molecular complexity index is 347. The van der Waals surface area contributed by atoms with Crippen LogP contribution in [-0.2, 0) is 4.79 Å². The number of alkyl halides is 2. The topological polar surface area (TPSA) is 52.9 Å². The van der Waals surface area contributed by atoms with Crippen molar-refractivity contribution < 1.29 is 4.79 Å². The van der Waals surface area contributed by atoms with E-state index in [0.29, 0.717) is 18.8 Å². The molecule has 3 nitrogen and oxygen atoms in total. The number of nitrogens with one attached hydrogen (secondary N) is 1. The van der Waals surface area contributed by atoms with Gasteiger partial charge in [0.1, 0.15) is 5.54 Å². The van der Waals surface area contributed by atoms with Crippen molar-refractivity contribution in [2.45, 2.75) is 56.8 Å². The van der Waals surface area contributed by atoms with Crippen molar-refractivity contribution in [2.75, 3.05) is 0 Å². The summed E-state index contributed by atoms with van der Waals surface area (Å²) in [5.41, 5.74) is -0.548. The first-order chi connectivity index (χ1) is 8.20. The first kappa shape index (κ1) is 15.6. The van der Waals surface area contributed by atoms with Crippen molar-refractivity contribution >= 4 is 29.1 Å². The Hall–Kier alpha value is -0.460. The molecule has 1 amide bonds. The summed E-state index contributed by atoms with van der Waals surface area (Å²) < 4.78 is 0. The van der Waals surface area contributed by atoms with Crippen LogP contribution in [0.1, 0.15) is 46.5 Å². The fraction of sp³-hybridized carbons (Fsp3) is 0.846. The third-order valence-corrected chi connectivity index (χ3v) is 4.23. The smallest absolute Gasteiger partial charge is 0.254 e. The van der Waals surface area contributed by atoms with Gasteiger partial charge in [0.2, 0.25) is 0 Å². The monoisotopic (exact) mass is 290 g/mol. The lowest BCUT2D eigenvalue weighted by molar-refractivity contribution is -0.121. The van der Waals surface area contributed by atoms with Gasteiger partial charge in [-0.1, -0.05) is 44.0 Å². The predicted octanol–water partition coefficient (Wildman–Crippen LogP) is 3.40. The van der Waals surface area contributed by atoms with E-state index in [1.54, 1.807) is 0 Å². The molecule has 0 heterocycles. The summed E-state index contributed by atoms with van der Waals surface area (Å²) in [6.07, 6.45) is 3.20. The number of carbonyl (C=O) groups is 1. The van der Waals surface area contributed by atoms with E-state index in [1.165, 1.54) is 0 Å². The van der Waals surface area contributed by atoms with E-state index in [1.807, 2.05) is 0 Å². The van der Waals surface area contributed by atoms with Gasteiger partial charge in [-0.3, -0.25) is 4.79 Å². The maximum Gasteiger partial charge on any atom is 0.254 e. The Morgan fingerprint density at radius 1 is 1.39 bits per heavy atom. The summed E-state index contributed by atoms with van der Waals surface area (Å²) in [4.78, 5) is 10.4. The van der Waals surface area contributed by atoms with E-state index in [4.69, 9.17) is 23.2 Å². The van der Waals surface area contributed by atoms with E-state index in [2.05, 4.69) is 32.2 Å². The zero-order valence-electron chi connectivity index (χ0n) is 11.1. The van der Waals surface area contributed by atoms with Gasteiger partial charge in [-0.2, -0.15) is 5.26 Å². The summed E-state index contributed by atoms with van der Waals surface area (Å²) in [5.74, 6) is 0.104. The van der Waals surface area contributed by atoms with E-state index < -0.39 is 16.3 Å². The Kier molecular flexibility index (Phi) is 4.91. The summed E-state index contributed by atoms with van der Waals surface area (Å²) in [5, 5.41) is 12.0. The normalized spacial score (nSPS) is 28.8. The van der Waals surface area contributed by atoms with Crippen LogP contribution in [0, 0.1) is 22.7 Å². The van der Waals surface area contributed by atoms with Gasteiger partial charge in [0.15, 0.2) is 4.84 Å². The molecule has 1 aliphatic carbocycles. The van der Waals surface area contributed by atoms with Crippen LogP contribution < -0.4 is 5.32 Å². The first-order valence-corrected chi connectivity index (χ1v) is 7.09. The molecule has 1 rings (SSSR count). The lowest BCUT2D eigenvalue weighted by atomic mass is 9.67. The lowest BCUT2D eigenvalue weighted by Gasteiger charge is -2.40. The second kappa shape index (κ2) is 5.67. The molecular weight excluding hydrogens is 271 g/mol. The van der Waals surface area contributed by atoms with Gasteiger partial charge in [-0.05, 0) is 37.0 Å². The van der Waals surface area contributed by atoms with Gasteiger partial charge in [0, 0.05) is 0 Å². The lowest BCUT2D eigenvalue weighted by Crippen LogP contribution is -2.52. The molecule has 0 radical (unpaired) electrons. The zero-order chi connectivity index (χ0) is 14.0. The maximum absolute atomic E-state index is 11.5. The van der Waals surface area contributed by atoms with Gasteiger partial charge in [-0.15, -0.1) is 0 Å². The van der Waals surface area contributed by atoms with Crippen LogP contribution in [0.25, 0.3) is 0 Å². The third kappa shape index (κ3) is 3.76. The van der Waals surface area contributed by atoms with Crippen LogP contribution in [0.15, 0.2) is 0 Å². The van der Waals surface area contributed by atoms with Crippen LogP contribution in [0.2, 0.25) is 0 Å². The van der Waals surface area contributed by atoms with Crippen molar-refractivity contribution in [2.24, 2.45) is 11.3 Å². The van der Waals surface area contributed by atoms with Gasteiger partial charge < -0.3 is 5.32 Å². The zero-order valence-corrected chi connectivity index (χ0v) is 12.6. The van der Waals surface area contributed by atoms with E-state index in [-0.39, 0.29) is 5.41 Å². The number of hydrogen-bond donors (Lipinski definition) is 1. The molecule has 0 unspecified atom stereocenters. The molecular formula is C13H20Cl2N2O. The van der Waals surface area contributed by atoms with Crippen LogP contribution >= 0.6 is 23.2 Å². The number of carbonyl (C=O) groups excluding carboxylic acids is 1. The number of hydrogen-bond acceptors (Lipinski definition) is 2. The molecule has 0 aliphatic heterocycles. The predicted molar refractivity (Wildman–Crippen MR) is 73.4 cm³/mol. The summed E-state index contributed by atoms with van der Waals surface area (Å²) in [7, 11) is 0. The fourth-order valence-corrected chi connectivity index (χ4v) is 2.64. The summed E-state index contributed by atoms with van der Waals surface area (Å²) in [6.45, 7) is 6.63. The molecule has 0 aromatic rings. The molecule has 1 aliphatic rings. The molecule has 1 fully saturated rings. The highest BCUT2D eigenvalue weighted by atomic mass is 35.5. The summed E-state index contributed by atoms with van der Waals surface area (Å²) in [6, 6.07) is 2.23. The fourth-order valence-electron chi connectivity index (χ4n) is 2.53. The summed E-state index contributed by atoms with van der Waals surface area (Å²) >= 11 is 11.0. The molecule has 5 heteroatoms. The van der Waals surface area contributed by atoms with Crippen molar-refractivity contribution in [3.8, 4) is 6.07 Å². The highest BCUT2D eigenvalue weighted by molar-refractivity contribution is 6.53. The minimum atomic E-state index is -1.12. The molecule has 0 atom stereocenters. The van der Waals surface area contributed by atoms with Crippen LogP contribution in [0.3, 0.4) is 0 Å². The molecule has 0 spiro atoms. The second-order valence-corrected chi connectivity index (χ2v) is 7.22. The second-order valence-electron chi connectivity index (χ2n) is 6.12. The van der Waals surface area contributed by atoms with Crippen molar-refractivity contribution in [1.82, 2.24) is 5.32 Å². The van der Waals surface area contributed by atoms with Gasteiger partial charge in [-0.25, -0.2) is 0 Å². The Morgan fingerprint density at radius 3 is 2.22 bits per heavy atom. The Labute approximate surface area is 119 Å². The highest BCUT2D eigenvalue weighted by Crippen LogP contribution is 2.41. The first-order valence-electron chi connectivity index (χ1n) is 6.22. The van der Waals surface area contributed by atoms with E-state index in [0.717, 1.165) is 12.8 Å². The number of amides is 1. The average Bonchev–Trinajstić information content (AvgIpc) is 2.28. The molecule has 0 bridgehead atoms. The molecule has 18 heavy (non-hydrogen) atoms. The van der Waals surface area contributed by atoms with Crippen molar-refractivity contribution in [3.63, 3.8) is 0 Å². The SMILES string of the molecule is CC(C)(C)C1CCC(C#N)(NC(=O)C(Cl)Cl)CC1. The molecule has 0 aromatic heterocycles. The molecule has 1 saturated carbocycles.